The number of anilines is 1. The largest absolute Gasteiger partial charge is 0.573 e. The van der Waals surface area contributed by atoms with Crippen molar-refractivity contribution in [3.8, 4) is 11.8 Å². The quantitative estimate of drug-likeness (QED) is 0.333. The first-order chi connectivity index (χ1) is 17.7. The summed E-state index contributed by atoms with van der Waals surface area (Å²) < 4.78 is 41.2. The number of urea groups is 1. The third kappa shape index (κ3) is 6.22. The fourth-order valence-corrected chi connectivity index (χ4v) is 4.49. The Labute approximate surface area is 216 Å². The smallest absolute Gasteiger partial charge is 0.406 e. The van der Waals surface area contributed by atoms with Crippen LogP contribution in [0.3, 0.4) is 0 Å². The van der Waals surface area contributed by atoms with Crippen LogP contribution in [0.2, 0.25) is 5.02 Å². The second-order valence-corrected chi connectivity index (χ2v) is 8.91. The summed E-state index contributed by atoms with van der Waals surface area (Å²) in [6.45, 7) is 0.210. The lowest BCUT2D eigenvalue weighted by molar-refractivity contribution is -0.274. The number of hydrogen-bond donors (Lipinski definition) is 1. The van der Waals surface area contributed by atoms with Crippen LogP contribution in [0, 0.1) is 11.3 Å². The lowest BCUT2D eigenvalue weighted by Gasteiger charge is -2.31. The number of nitrogens with zero attached hydrogens (tertiary/aromatic N) is 3. The van der Waals surface area contributed by atoms with Crippen LogP contribution < -0.4 is 10.1 Å². The van der Waals surface area contributed by atoms with E-state index in [1.807, 2.05) is 42.5 Å². The fourth-order valence-electron chi connectivity index (χ4n) is 4.37. The highest BCUT2D eigenvalue weighted by molar-refractivity contribution is 6.30. The molecule has 6 nitrogen and oxygen atoms in total. The summed E-state index contributed by atoms with van der Waals surface area (Å²) in [5.41, 5.74) is 2.00. The van der Waals surface area contributed by atoms with Crippen LogP contribution >= 0.6 is 11.6 Å². The molecule has 4 rings (SSSR count). The molecular weight excluding hydrogens is 505 g/mol. The van der Waals surface area contributed by atoms with Crippen molar-refractivity contribution in [1.82, 2.24) is 5.01 Å². The van der Waals surface area contributed by atoms with Crippen LogP contribution in [-0.4, -0.2) is 29.7 Å². The maximum absolute atomic E-state index is 13.2. The van der Waals surface area contributed by atoms with Crippen LogP contribution in [0.4, 0.5) is 23.7 Å². The molecule has 0 saturated heterocycles. The van der Waals surface area contributed by atoms with Gasteiger partial charge in [0, 0.05) is 17.1 Å². The van der Waals surface area contributed by atoms with Crippen molar-refractivity contribution in [3.63, 3.8) is 0 Å². The van der Waals surface area contributed by atoms with Crippen LogP contribution in [0.25, 0.3) is 0 Å². The van der Waals surface area contributed by atoms with Gasteiger partial charge < -0.3 is 10.1 Å². The van der Waals surface area contributed by atoms with Gasteiger partial charge in [0.1, 0.15) is 5.75 Å². The van der Waals surface area contributed by atoms with Gasteiger partial charge in [-0.05, 0) is 60.4 Å². The Morgan fingerprint density at radius 1 is 1.08 bits per heavy atom. The number of amides is 2. The Morgan fingerprint density at radius 3 is 2.38 bits per heavy atom. The molecule has 3 aromatic carbocycles. The average Bonchev–Trinajstić information content (AvgIpc) is 3.26. The van der Waals surface area contributed by atoms with Gasteiger partial charge in [0.2, 0.25) is 0 Å². The van der Waals surface area contributed by atoms with E-state index in [9.17, 15) is 18.0 Å². The van der Waals surface area contributed by atoms with Crippen molar-refractivity contribution >= 4 is 29.0 Å². The van der Waals surface area contributed by atoms with Crippen molar-refractivity contribution in [1.29, 1.82) is 5.26 Å². The topological polar surface area (TPSA) is 77.7 Å². The minimum absolute atomic E-state index is 0.210. The summed E-state index contributed by atoms with van der Waals surface area (Å²) in [4.78, 5) is 13.2. The molecule has 0 saturated carbocycles. The van der Waals surface area contributed by atoms with Crippen molar-refractivity contribution in [2.45, 2.75) is 31.0 Å². The Morgan fingerprint density at radius 2 is 1.76 bits per heavy atom. The van der Waals surface area contributed by atoms with Crippen molar-refractivity contribution in [2.24, 2.45) is 5.10 Å². The van der Waals surface area contributed by atoms with Crippen LogP contribution in [0.1, 0.15) is 30.4 Å². The lowest BCUT2D eigenvalue weighted by Crippen LogP contribution is -2.41. The first-order valence-electron chi connectivity index (χ1n) is 11.4. The maximum Gasteiger partial charge on any atom is 0.573 e. The molecule has 1 aliphatic heterocycles. The van der Waals surface area contributed by atoms with Gasteiger partial charge in [0.25, 0.3) is 0 Å². The van der Waals surface area contributed by atoms with Crippen molar-refractivity contribution in [3.05, 3.63) is 95.0 Å². The van der Waals surface area contributed by atoms with Crippen LogP contribution in [-0.2, 0) is 5.41 Å². The van der Waals surface area contributed by atoms with Gasteiger partial charge in [-0.15, -0.1) is 13.2 Å². The Bertz CT molecular complexity index is 1310. The van der Waals surface area contributed by atoms with Gasteiger partial charge in [-0.3, -0.25) is 0 Å². The maximum atomic E-state index is 13.2. The third-order valence-corrected chi connectivity index (χ3v) is 6.26. The second-order valence-electron chi connectivity index (χ2n) is 8.48. The normalized spacial score (nSPS) is 17.2. The number of rotatable bonds is 7. The predicted molar refractivity (Wildman–Crippen MR) is 134 cm³/mol. The van der Waals surface area contributed by atoms with Gasteiger partial charge >= 0.3 is 12.4 Å². The molecule has 37 heavy (non-hydrogen) atoms. The lowest BCUT2D eigenvalue weighted by atomic mass is 9.71. The second kappa shape index (κ2) is 10.9. The van der Waals surface area contributed by atoms with Crippen LogP contribution in [0.5, 0.6) is 5.75 Å². The van der Waals surface area contributed by atoms with Gasteiger partial charge in [0.05, 0.1) is 23.7 Å². The molecule has 1 aliphatic rings. The number of hydrogen-bond acceptors (Lipinski definition) is 4. The molecule has 1 unspecified atom stereocenters. The molecule has 0 bridgehead atoms. The van der Waals surface area contributed by atoms with E-state index in [1.54, 1.807) is 12.1 Å². The molecule has 1 atom stereocenters. The van der Waals surface area contributed by atoms with Crippen molar-refractivity contribution < 1.29 is 22.7 Å². The number of halogens is 4. The highest BCUT2D eigenvalue weighted by atomic mass is 35.5. The molecular formula is C27H22ClF3N4O2. The van der Waals surface area contributed by atoms with E-state index in [1.165, 1.54) is 17.1 Å². The van der Waals surface area contributed by atoms with Gasteiger partial charge in [-0.1, -0.05) is 54.1 Å². The molecule has 1 heterocycles. The van der Waals surface area contributed by atoms with E-state index in [0.29, 0.717) is 30.0 Å². The van der Waals surface area contributed by atoms with Gasteiger partial charge in [-0.25, -0.2) is 9.80 Å². The summed E-state index contributed by atoms with van der Waals surface area (Å²) in [6.07, 6.45) is -3.30. The summed E-state index contributed by atoms with van der Waals surface area (Å²) in [5.74, 6) is -0.393. The molecule has 10 heteroatoms. The summed E-state index contributed by atoms with van der Waals surface area (Å²) in [6, 6.07) is 23.3. The summed E-state index contributed by atoms with van der Waals surface area (Å²) in [5, 5.41) is 18.4. The zero-order valence-corrected chi connectivity index (χ0v) is 20.3. The fraction of sp³-hybridized carbons (Fsp3) is 0.222. The Kier molecular flexibility index (Phi) is 7.69. The standard InChI is InChI=1S/C27H22ClF3N4O2/c28-21-10-8-19(9-11-21)24-26(16-4-5-17-32,20-6-2-1-3-7-20)18-35(34-24)25(36)33-22-12-14-23(15-13-22)37-27(29,30)31/h1-3,6-15H,4-5,16,18H2,(H,33,36). The number of hydrazone groups is 1. The molecule has 2 amide bonds. The molecule has 0 radical (unpaired) electrons. The highest BCUT2D eigenvalue weighted by Crippen LogP contribution is 2.40. The number of ether oxygens (including phenoxy) is 1. The zero-order valence-electron chi connectivity index (χ0n) is 19.5. The molecule has 0 fully saturated rings. The summed E-state index contributed by atoms with van der Waals surface area (Å²) >= 11 is 6.10. The molecule has 1 N–H and O–H groups in total. The Hall–Kier alpha value is -4.03. The molecule has 0 spiro atoms. The molecule has 0 aliphatic carbocycles. The SMILES string of the molecule is N#CCCCC1(c2ccccc2)CN(C(=O)Nc2ccc(OC(F)(F)F)cc2)N=C1c1ccc(Cl)cc1. The van der Waals surface area contributed by atoms with E-state index in [-0.39, 0.29) is 12.2 Å². The monoisotopic (exact) mass is 526 g/mol. The van der Waals surface area contributed by atoms with Gasteiger partial charge in [-0.2, -0.15) is 10.4 Å². The zero-order chi connectivity index (χ0) is 26.5. The van der Waals surface area contributed by atoms with E-state index in [4.69, 9.17) is 22.0 Å². The molecule has 0 aromatic heterocycles. The third-order valence-electron chi connectivity index (χ3n) is 6.00. The predicted octanol–water partition coefficient (Wildman–Crippen LogP) is 7.12. The van der Waals surface area contributed by atoms with Gasteiger partial charge in [0.15, 0.2) is 0 Å². The van der Waals surface area contributed by atoms with E-state index in [2.05, 4.69) is 16.1 Å². The Balaban J connectivity index is 1.66. The number of carbonyl (C=O) groups is 1. The minimum Gasteiger partial charge on any atom is -0.406 e. The molecule has 3 aromatic rings. The number of nitriles is 1. The number of alkyl halides is 3. The van der Waals surface area contributed by atoms with E-state index in [0.717, 1.165) is 23.3 Å². The number of carbonyl (C=O) groups excluding carboxylic acids is 1. The van der Waals surface area contributed by atoms with E-state index < -0.39 is 23.6 Å². The summed E-state index contributed by atoms with van der Waals surface area (Å²) in [7, 11) is 0. The first kappa shape index (κ1) is 26.0. The van der Waals surface area contributed by atoms with E-state index >= 15 is 0 Å². The minimum atomic E-state index is -4.81. The number of unbranched alkanes of at least 4 members (excludes halogenated alkanes) is 1. The highest BCUT2D eigenvalue weighted by Gasteiger charge is 2.46. The first-order valence-corrected chi connectivity index (χ1v) is 11.8. The number of nitrogens with one attached hydrogen (secondary N) is 1. The average molecular weight is 527 g/mol. The van der Waals surface area contributed by atoms with Crippen LogP contribution in [0.15, 0.2) is 84.0 Å². The van der Waals surface area contributed by atoms with Crippen molar-refractivity contribution in [2.75, 3.05) is 11.9 Å². The molecule has 190 valence electrons. The number of benzene rings is 3.